The van der Waals surface area contributed by atoms with Crippen molar-refractivity contribution in [2.75, 3.05) is 5.32 Å². The van der Waals surface area contributed by atoms with E-state index in [9.17, 15) is 9.59 Å². The molecule has 0 spiro atoms. The van der Waals surface area contributed by atoms with Gasteiger partial charge in [0, 0.05) is 9.90 Å². The molecule has 0 bridgehead atoms. The van der Waals surface area contributed by atoms with Gasteiger partial charge < -0.3 is 10.1 Å². The molecule has 22 heavy (non-hydrogen) atoms. The Morgan fingerprint density at radius 2 is 1.95 bits per heavy atom. The first-order valence-electron chi connectivity index (χ1n) is 6.40. The fourth-order valence-electron chi connectivity index (χ4n) is 1.64. The Morgan fingerprint density at radius 3 is 2.55 bits per heavy atom. The van der Waals surface area contributed by atoms with Crippen molar-refractivity contribution in [2.45, 2.75) is 20.0 Å². The van der Waals surface area contributed by atoms with Crippen molar-refractivity contribution < 1.29 is 14.3 Å². The molecule has 7 heteroatoms. The molecule has 2 rings (SSSR count). The summed E-state index contributed by atoms with van der Waals surface area (Å²) in [4.78, 5) is 25.4. The lowest BCUT2D eigenvalue weighted by Gasteiger charge is -2.13. The third kappa shape index (κ3) is 4.22. The van der Waals surface area contributed by atoms with Crippen LogP contribution in [0.4, 0.5) is 5.69 Å². The predicted molar refractivity (Wildman–Crippen MR) is 89.0 cm³/mol. The van der Waals surface area contributed by atoms with Crippen LogP contribution in [0.5, 0.6) is 0 Å². The second-order valence-corrected chi connectivity index (χ2v) is 6.70. The summed E-state index contributed by atoms with van der Waals surface area (Å²) in [5, 5.41) is 3.38. The van der Waals surface area contributed by atoms with Gasteiger partial charge in [0.05, 0.1) is 10.7 Å². The van der Waals surface area contributed by atoms with E-state index in [1.54, 1.807) is 18.2 Å². The highest BCUT2D eigenvalue weighted by molar-refractivity contribution is 7.13. The van der Waals surface area contributed by atoms with E-state index in [1.807, 2.05) is 13.0 Å². The first-order chi connectivity index (χ1) is 10.4. The Bertz CT molecular complexity index is 715. The van der Waals surface area contributed by atoms with E-state index >= 15 is 0 Å². The van der Waals surface area contributed by atoms with E-state index in [1.165, 1.54) is 24.3 Å². The molecule has 0 saturated carbocycles. The third-order valence-corrected chi connectivity index (χ3v) is 4.31. The quantitative estimate of drug-likeness (QED) is 0.816. The van der Waals surface area contributed by atoms with Gasteiger partial charge in [0.1, 0.15) is 4.88 Å². The Hall–Kier alpha value is -1.56. The Labute approximate surface area is 142 Å². The van der Waals surface area contributed by atoms with Gasteiger partial charge in [-0.2, -0.15) is 0 Å². The Morgan fingerprint density at radius 1 is 1.23 bits per heavy atom. The van der Waals surface area contributed by atoms with Crippen molar-refractivity contribution in [3.63, 3.8) is 0 Å². The summed E-state index contributed by atoms with van der Waals surface area (Å²) in [5.74, 6) is -0.992. The number of esters is 1. The molecule has 1 heterocycles. The van der Waals surface area contributed by atoms with Crippen molar-refractivity contribution in [3.8, 4) is 0 Å². The number of halogens is 2. The smallest absolute Gasteiger partial charge is 0.349 e. The predicted octanol–water partition coefficient (Wildman–Crippen LogP) is 4.55. The number of ether oxygens (including phenoxy) is 1. The Balaban J connectivity index is 1.98. The van der Waals surface area contributed by atoms with E-state index < -0.39 is 18.0 Å². The molecule has 1 aromatic carbocycles. The van der Waals surface area contributed by atoms with Gasteiger partial charge >= 0.3 is 5.97 Å². The number of rotatable bonds is 4. The molecule has 0 aliphatic heterocycles. The number of benzene rings is 1. The zero-order chi connectivity index (χ0) is 16.3. The van der Waals surface area contributed by atoms with Gasteiger partial charge in [0.15, 0.2) is 6.10 Å². The molecule has 1 N–H and O–H groups in total. The van der Waals surface area contributed by atoms with Crippen LogP contribution in [0, 0.1) is 6.92 Å². The molecule has 116 valence electrons. The van der Waals surface area contributed by atoms with Gasteiger partial charge in [-0.1, -0.05) is 23.2 Å². The first kappa shape index (κ1) is 16.8. The maximum Gasteiger partial charge on any atom is 0.349 e. The average Bonchev–Trinajstić information content (AvgIpc) is 2.88. The van der Waals surface area contributed by atoms with Crippen LogP contribution in [0.1, 0.15) is 21.5 Å². The van der Waals surface area contributed by atoms with Crippen LogP contribution in [0.25, 0.3) is 0 Å². The van der Waals surface area contributed by atoms with Crippen molar-refractivity contribution in [1.82, 2.24) is 0 Å². The summed E-state index contributed by atoms with van der Waals surface area (Å²) < 4.78 is 5.14. The topological polar surface area (TPSA) is 55.4 Å². The number of carbonyl (C=O) groups excluding carboxylic acids is 2. The summed E-state index contributed by atoms with van der Waals surface area (Å²) in [7, 11) is 0. The lowest BCUT2D eigenvalue weighted by atomic mass is 10.3. The van der Waals surface area contributed by atoms with Crippen LogP contribution in [0.2, 0.25) is 10.0 Å². The minimum atomic E-state index is -0.943. The molecule has 0 unspecified atom stereocenters. The van der Waals surface area contributed by atoms with Gasteiger partial charge in [-0.15, -0.1) is 11.3 Å². The van der Waals surface area contributed by atoms with Gasteiger partial charge in [-0.3, -0.25) is 4.79 Å². The monoisotopic (exact) mass is 357 g/mol. The number of anilines is 1. The van der Waals surface area contributed by atoms with Gasteiger partial charge in [-0.05, 0) is 44.2 Å². The minimum Gasteiger partial charge on any atom is -0.448 e. The zero-order valence-electron chi connectivity index (χ0n) is 11.9. The molecule has 1 aromatic heterocycles. The lowest BCUT2D eigenvalue weighted by Crippen LogP contribution is -2.29. The fourth-order valence-corrected chi connectivity index (χ4v) is 2.85. The number of thiophene rings is 1. The summed E-state index contributed by atoms with van der Waals surface area (Å²) >= 11 is 13.1. The maximum absolute atomic E-state index is 12.0. The standard InChI is InChI=1S/C15H13Cl2NO3S/c1-8-3-6-13(22-8)15(20)21-9(2)14(19)18-12-5-4-10(16)7-11(12)17/h3-7,9H,1-2H3,(H,18,19)/t9-/m1/s1. The maximum atomic E-state index is 12.0. The van der Waals surface area contributed by atoms with Crippen LogP contribution in [0.15, 0.2) is 30.3 Å². The Kier molecular flexibility index (Phi) is 5.45. The third-order valence-electron chi connectivity index (χ3n) is 2.78. The SMILES string of the molecule is Cc1ccc(C(=O)O[C@H](C)C(=O)Nc2ccc(Cl)cc2Cl)s1. The van der Waals surface area contributed by atoms with Crippen LogP contribution in [-0.2, 0) is 9.53 Å². The van der Waals surface area contributed by atoms with Crippen molar-refractivity contribution >= 4 is 52.1 Å². The van der Waals surface area contributed by atoms with Crippen molar-refractivity contribution in [1.29, 1.82) is 0 Å². The van der Waals surface area contributed by atoms with E-state index in [2.05, 4.69) is 5.32 Å². The van der Waals surface area contributed by atoms with Crippen LogP contribution in [0.3, 0.4) is 0 Å². The van der Waals surface area contributed by atoms with E-state index in [4.69, 9.17) is 27.9 Å². The first-order valence-corrected chi connectivity index (χ1v) is 7.97. The molecule has 0 radical (unpaired) electrons. The lowest BCUT2D eigenvalue weighted by molar-refractivity contribution is -0.123. The van der Waals surface area contributed by atoms with E-state index in [-0.39, 0.29) is 0 Å². The molecule has 4 nitrogen and oxygen atoms in total. The normalized spacial score (nSPS) is 11.8. The van der Waals surface area contributed by atoms with Crippen LogP contribution in [-0.4, -0.2) is 18.0 Å². The summed E-state index contributed by atoms with van der Waals surface area (Å²) in [5.41, 5.74) is 0.408. The van der Waals surface area contributed by atoms with Crippen LogP contribution >= 0.6 is 34.5 Å². The number of hydrogen-bond acceptors (Lipinski definition) is 4. The summed E-state index contributed by atoms with van der Waals surface area (Å²) in [6.45, 7) is 3.39. The fraction of sp³-hybridized carbons (Fsp3) is 0.200. The minimum absolute atomic E-state index is 0.313. The largest absolute Gasteiger partial charge is 0.448 e. The van der Waals surface area contributed by atoms with Crippen molar-refractivity contribution in [2.24, 2.45) is 0 Å². The van der Waals surface area contributed by atoms with Gasteiger partial charge in [0.2, 0.25) is 0 Å². The van der Waals surface area contributed by atoms with Crippen molar-refractivity contribution in [3.05, 3.63) is 50.1 Å². The van der Waals surface area contributed by atoms with Gasteiger partial charge in [-0.25, -0.2) is 4.79 Å². The van der Waals surface area contributed by atoms with E-state index in [0.29, 0.717) is 20.6 Å². The molecule has 2 aromatic rings. The molecule has 0 fully saturated rings. The highest BCUT2D eigenvalue weighted by atomic mass is 35.5. The van der Waals surface area contributed by atoms with Gasteiger partial charge in [0.25, 0.3) is 5.91 Å². The van der Waals surface area contributed by atoms with Crippen LogP contribution < -0.4 is 5.32 Å². The molecule has 1 amide bonds. The molecule has 0 aliphatic carbocycles. The molecule has 1 atom stereocenters. The molecule has 0 aliphatic rings. The summed E-state index contributed by atoms with van der Waals surface area (Å²) in [6.07, 6.45) is -0.943. The highest BCUT2D eigenvalue weighted by Gasteiger charge is 2.20. The number of amides is 1. The highest BCUT2D eigenvalue weighted by Crippen LogP contribution is 2.25. The molecule has 0 saturated heterocycles. The second-order valence-electron chi connectivity index (χ2n) is 4.57. The zero-order valence-corrected chi connectivity index (χ0v) is 14.2. The number of hydrogen-bond donors (Lipinski definition) is 1. The number of nitrogens with one attached hydrogen (secondary N) is 1. The average molecular weight is 358 g/mol. The summed E-state index contributed by atoms with van der Waals surface area (Å²) in [6, 6.07) is 8.19. The molecular formula is C15H13Cl2NO3S. The second kappa shape index (κ2) is 7.13. The van der Waals surface area contributed by atoms with E-state index in [0.717, 1.165) is 4.88 Å². The number of carbonyl (C=O) groups is 2. The molecular weight excluding hydrogens is 345 g/mol. The number of aryl methyl sites for hydroxylation is 1.